The smallest absolute Gasteiger partial charge is 0.262 e. The van der Waals surface area contributed by atoms with Gasteiger partial charge in [-0.25, -0.2) is 0 Å². The lowest BCUT2D eigenvalue weighted by Gasteiger charge is -2.20. The van der Waals surface area contributed by atoms with Crippen molar-refractivity contribution in [3.05, 3.63) is 23.8 Å². The van der Waals surface area contributed by atoms with Gasteiger partial charge in [0.05, 0.1) is 5.69 Å². The molecule has 1 aliphatic heterocycles. The normalized spacial score (nSPS) is 13.9. The monoisotopic (exact) mass is 220 g/mol. The summed E-state index contributed by atoms with van der Waals surface area (Å²) in [5.74, 6) is 0.684. The molecule has 0 saturated heterocycles. The Bertz CT molecular complexity index is 391. The van der Waals surface area contributed by atoms with Crippen LogP contribution in [0.2, 0.25) is 0 Å². The van der Waals surface area contributed by atoms with Crippen LogP contribution in [0.25, 0.3) is 0 Å². The predicted octanol–water partition coefficient (Wildman–Crippen LogP) is 1.30. The van der Waals surface area contributed by atoms with Crippen LogP contribution in [-0.2, 0) is 11.2 Å². The SMILES string of the molecule is NCCCCc1cccc2c1NC(=O)CO2. The number of unbranched alkanes of at least 4 members (excludes halogenated alkanes) is 1. The summed E-state index contributed by atoms with van der Waals surface area (Å²) in [6.45, 7) is 0.817. The third-order valence-corrected chi connectivity index (χ3v) is 2.64. The van der Waals surface area contributed by atoms with Gasteiger partial charge in [-0.3, -0.25) is 4.79 Å². The molecule has 0 unspecified atom stereocenters. The molecule has 1 aromatic rings. The van der Waals surface area contributed by atoms with Gasteiger partial charge in [-0.2, -0.15) is 0 Å². The van der Waals surface area contributed by atoms with Crippen LogP contribution in [0, 0.1) is 0 Å². The highest BCUT2D eigenvalue weighted by molar-refractivity contribution is 5.96. The number of fused-ring (bicyclic) bond motifs is 1. The van der Waals surface area contributed by atoms with Crippen LogP contribution in [0.4, 0.5) is 5.69 Å². The molecule has 0 fully saturated rings. The molecule has 1 heterocycles. The molecule has 1 aliphatic rings. The number of carbonyl (C=O) groups excluding carboxylic acids is 1. The fraction of sp³-hybridized carbons (Fsp3) is 0.417. The Balaban J connectivity index is 2.15. The molecule has 1 amide bonds. The Hall–Kier alpha value is -1.55. The molecule has 0 saturated carbocycles. The Kier molecular flexibility index (Phi) is 3.41. The Labute approximate surface area is 94.8 Å². The first-order valence-electron chi connectivity index (χ1n) is 5.56. The van der Waals surface area contributed by atoms with Gasteiger partial charge in [0.2, 0.25) is 0 Å². The lowest BCUT2D eigenvalue weighted by Crippen LogP contribution is -2.26. The fourth-order valence-corrected chi connectivity index (χ4v) is 1.83. The van der Waals surface area contributed by atoms with Crippen LogP contribution in [0.1, 0.15) is 18.4 Å². The first-order valence-corrected chi connectivity index (χ1v) is 5.56. The maximum atomic E-state index is 11.3. The number of hydrogen-bond acceptors (Lipinski definition) is 3. The second kappa shape index (κ2) is 4.99. The second-order valence-corrected chi connectivity index (χ2v) is 3.87. The Morgan fingerprint density at radius 2 is 2.25 bits per heavy atom. The molecule has 0 spiro atoms. The molecule has 0 atom stereocenters. The standard InChI is InChI=1S/C12H16N2O2/c13-7-2-1-4-9-5-3-6-10-12(9)14-11(15)8-16-10/h3,5-6H,1-2,4,7-8,13H2,(H,14,15). The molecule has 3 N–H and O–H groups in total. The van der Waals surface area contributed by atoms with E-state index in [9.17, 15) is 4.79 Å². The maximum absolute atomic E-state index is 11.3. The van der Waals surface area contributed by atoms with E-state index in [4.69, 9.17) is 10.5 Å². The van der Waals surface area contributed by atoms with Gasteiger partial charge in [-0.05, 0) is 37.4 Å². The number of nitrogens with two attached hydrogens (primary N) is 1. The summed E-state index contributed by atoms with van der Waals surface area (Å²) in [4.78, 5) is 11.3. The van der Waals surface area contributed by atoms with Crippen molar-refractivity contribution in [1.29, 1.82) is 0 Å². The number of aryl methyl sites for hydroxylation is 1. The minimum atomic E-state index is -0.0845. The number of ether oxygens (including phenoxy) is 1. The van der Waals surface area contributed by atoms with Gasteiger partial charge in [0.1, 0.15) is 5.75 Å². The van der Waals surface area contributed by atoms with E-state index in [0.717, 1.165) is 36.3 Å². The van der Waals surface area contributed by atoms with Gasteiger partial charge < -0.3 is 15.8 Å². The number of anilines is 1. The van der Waals surface area contributed by atoms with Crippen LogP contribution in [0.5, 0.6) is 5.75 Å². The van der Waals surface area contributed by atoms with Crippen molar-refractivity contribution in [3.63, 3.8) is 0 Å². The molecule has 4 nitrogen and oxygen atoms in total. The predicted molar refractivity (Wildman–Crippen MR) is 62.6 cm³/mol. The third-order valence-electron chi connectivity index (χ3n) is 2.64. The van der Waals surface area contributed by atoms with Crippen molar-refractivity contribution in [3.8, 4) is 5.75 Å². The molecule has 4 heteroatoms. The van der Waals surface area contributed by atoms with Crippen molar-refractivity contribution in [2.45, 2.75) is 19.3 Å². The summed E-state index contributed by atoms with van der Waals surface area (Å²) >= 11 is 0. The van der Waals surface area contributed by atoms with Crippen molar-refractivity contribution >= 4 is 11.6 Å². The largest absolute Gasteiger partial charge is 0.482 e. The first-order chi connectivity index (χ1) is 7.81. The highest BCUT2D eigenvalue weighted by Crippen LogP contribution is 2.31. The van der Waals surface area contributed by atoms with E-state index < -0.39 is 0 Å². The molecule has 86 valence electrons. The molecular formula is C12H16N2O2. The van der Waals surface area contributed by atoms with E-state index in [1.54, 1.807) is 0 Å². The molecule has 0 radical (unpaired) electrons. The van der Waals surface area contributed by atoms with E-state index >= 15 is 0 Å². The second-order valence-electron chi connectivity index (χ2n) is 3.87. The Morgan fingerprint density at radius 1 is 1.38 bits per heavy atom. The topological polar surface area (TPSA) is 64.3 Å². The molecule has 16 heavy (non-hydrogen) atoms. The zero-order valence-corrected chi connectivity index (χ0v) is 9.16. The van der Waals surface area contributed by atoms with Crippen molar-refractivity contribution < 1.29 is 9.53 Å². The number of nitrogens with one attached hydrogen (secondary N) is 1. The van der Waals surface area contributed by atoms with Gasteiger partial charge in [0.25, 0.3) is 5.91 Å². The lowest BCUT2D eigenvalue weighted by atomic mass is 10.0. The minimum absolute atomic E-state index is 0.0845. The molecule has 0 bridgehead atoms. The highest BCUT2D eigenvalue weighted by atomic mass is 16.5. The van der Waals surface area contributed by atoms with E-state index in [2.05, 4.69) is 5.32 Å². The lowest BCUT2D eigenvalue weighted by molar-refractivity contribution is -0.118. The fourth-order valence-electron chi connectivity index (χ4n) is 1.83. The van der Waals surface area contributed by atoms with E-state index in [0.29, 0.717) is 6.54 Å². The zero-order valence-electron chi connectivity index (χ0n) is 9.16. The quantitative estimate of drug-likeness (QED) is 0.752. The average molecular weight is 220 g/mol. The summed E-state index contributed by atoms with van der Waals surface area (Å²) in [7, 11) is 0. The minimum Gasteiger partial charge on any atom is -0.482 e. The molecule has 2 rings (SSSR count). The maximum Gasteiger partial charge on any atom is 0.262 e. The van der Waals surface area contributed by atoms with E-state index in [1.807, 2.05) is 18.2 Å². The van der Waals surface area contributed by atoms with Crippen LogP contribution in [0.15, 0.2) is 18.2 Å². The van der Waals surface area contributed by atoms with Gasteiger partial charge in [0, 0.05) is 0 Å². The van der Waals surface area contributed by atoms with Crippen molar-refractivity contribution in [2.24, 2.45) is 5.73 Å². The van der Waals surface area contributed by atoms with E-state index in [1.165, 1.54) is 0 Å². The molecule has 0 aliphatic carbocycles. The van der Waals surface area contributed by atoms with Crippen LogP contribution < -0.4 is 15.8 Å². The molecular weight excluding hydrogens is 204 g/mol. The van der Waals surface area contributed by atoms with Crippen LogP contribution in [-0.4, -0.2) is 19.1 Å². The summed E-state index contributed by atoms with van der Waals surface area (Å²) in [5.41, 5.74) is 7.41. The number of rotatable bonds is 4. The van der Waals surface area contributed by atoms with Gasteiger partial charge in [-0.15, -0.1) is 0 Å². The number of hydrogen-bond donors (Lipinski definition) is 2. The zero-order chi connectivity index (χ0) is 11.4. The van der Waals surface area contributed by atoms with Crippen molar-refractivity contribution in [1.82, 2.24) is 0 Å². The highest BCUT2D eigenvalue weighted by Gasteiger charge is 2.18. The van der Waals surface area contributed by atoms with E-state index in [-0.39, 0.29) is 12.5 Å². The van der Waals surface area contributed by atoms with Gasteiger partial charge in [-0.1, -0.05) is 12.1 Å². The number of para-hydroxylation sites is 1. The number of benzene rings is 1. The summed E-state index contributed by atoms with van der Waals surface area (Å²) in [6.07, 6.45) is 2.95. The average Bonchev–Trinajstić information content (AvgIpc) is 2.30. The third kappa shape index (κ3) is 2.33. The van der Waals surface area contributed by atoms with Crippen LogP contribution in [0.3, 0.4) is 0 Å². The summed E-state index contributed by atoms with van der Waals surface area (Å²) in [6, 6.07) is 5.85. The van der Waals surface area contributed by atoms with Crippen LogP contribution >= 0.6 is 0 Å². The van der Waals surface area contributed by atoms with Crippen molar-refractivity contribution in [2.75, 3.05) is 18.5 Å². The Morgan fingerprint density at radius 3 is 3.06 bits per heavy atom. The van der Waals surface area contributed by atoms with Gasteiger partial charge >= 0.3 is 0 Å². The first kappa shape index (κ1) is 11.0. The summed E-state index contributed by atoms with van der Waals surface area (Å²) < 4.78 is 5.35. The number of carbonyl (C=O) groups is 1. The van der Waals surface area contributed by atoms with Gasteiger partial charge in [0.15, 0.2) is 6.61 Å². The number of amides is 1. The molecule has 1 aromatic carbocycles. The molecule has 0 aromatic heterocycles. The summed E-state index contributed by atoms with van der Waals surface area (Å²) in [5, 5.41) is 2.86.